The average Bonchev–Trinajstić information content (AvgIpc) is 2.80. The van der Waals surface area contributed by atoms with Crippen LogP contribution < -0.4 is 10.1 Å². The first-order valence-electron chi connectivity index (χ1n) is 6.61. The van der Waals surface area contributed by atoms with Crippen LogP contribution in [0.3, 0.4) is 0 Å². The lowest BCUT2D eigenvalue weighted by Crippen LogP contribution is -2.13. The minimum Gasteiger partial charge on any atom is -0.494 e. The molecule has 0 spiro atoms. The van der Waals surface area contributed by atoms with Gasteiger partial charge in [-0.1, -0.05) is 23.7 Å². The summed E-state index contributed by atoms with van der Waals surface area (Å²) >= 11 is 6.07. The molecule has 1 heterocycles. The van der Waals surface area contributed by atoms with Crippen LogP contribution in [0.5, 0.6) is 5.75 Å². The van der Waals surface area contributed by atoms with Gasteiger partial charge in [0.2, 0.25) is 0 Å². The standard InChI is InChI=1S/C16H13ClN2O2/c1-2-21-11-8-6-10(7-9-11)18-15-12-4-3-5-13(17)14(12)19-16(15)20/h3-9H,2H2,1H3,(H,18,19,20). The second-order valence-corrected chi connectivity index (χ2v) is 4.91. The van der Waals surface area contributed by atoms with Crippen LogP contribution in [0.25, 0.3) is 0 Å². The highest BCUT2D eigenvalue weighted by molar-refractivity contribution is 6.55. The van der Waals surface area contributed by atoms with Gasteiger partial charge in [-0.3, -0.25) is 4.79 Å². The number of carbonyl (C=O) groups is 1. The Morgan fingerprint density at radius 1 is 1.19 bits per heavy atom. The van der Waals surface area contributed by atoms with Crippen LogP contribution in [0, 0.1) is 0 Å². The van der Waals surface area contributed by atoms with Crippen molar-refractivity contribution in [2.75, 3.05) is 11.9 Å². The van der Waals surface area contributed by atoms with E-state index in [2.05, 4.69) is 10.3 Å². The minimum atomic E-state index is -0.244. The number of hydrogen-bond donors (Lipinski definition) is 1. The van der Waals surface area contributed by atoms with Crippen molar-refractivity contribution < 1.29 is 9.53 Å². The lowest BCUT2D eigenvalue weighted by molar-refractivity contribution is -0.110. The third-order valence-electron chi connectivity index (χ3n) is 3.11. The van der Waals surface area contributed by atoms with Gasteiger partial charge in [0, 0.05) is 5.56 Å². The summed E-state index contributed by atoms with van der Waals surface area (Å²) in [6.07, 6.45) is 0. The maximum Gasteiger partial charge on any atom is 0.275 e. The third-order valence-corrected chi connectivity index (χ3v) is 3.43. The summed E-state index contributed by atoms with van der Waals surface area (Å²) in [5.41, 5.74) is 2.41. The van der Waals surface area contributed by atoms with Crippen molar-refractivity contribution in [3.8, 4) is 5.75 Å². The molecule has 21 heavy (non-hydrogen) atoms. The fourth-order valence-electron chi connectivity index (χ4n) is 2.17. The van der Waals surface area contributed by atoms with Crippen LogP contribution in [-0.4, -0.2) is 18.2 Å². The van der Waals surface area contributed by atoms with Crippen molar-refractivity contribution in [3.63, 3.8) is 0 Å². The molecule has 0 aliphatic carbocycles. The van der Waals surface area contributed by atoms with E-state index in [4.69, 9.17) is 16.3 Å². The van der Waals surface area contributed by atoms with Gasteiger partial charge >= 0.3 is 0 Å². The summed E-state index contributed by atoms with van der Waals surface area (Å²) in [4.78, 5) is 16.4. The van der Waals surface area contributed by atoms with Crippen molar-refractivity contribution in [3.05, 3.63) is 53.1 Å². The molecule has 1 aliphatic rings. The topological polar surface area (TPSA) is 50.7 Å². The van der Waals surface area contributed by atoms with Gasteiger partial charge in [0.15, 0.2) is 0 Å². The monoisotopic (exact) mass is 300 g/mol. The van der Waals surface area contributed by atoms with Gasteiger partial charge in [-0.05, 0) is 37.3 Å². The summed E-state index contributed by atoms with van der Waals surface area (Å²) in [6, 6.07) is 12.6. The molecule has 0 radical (unpaired) electrons. The predicted molar refractivity (Wildman–Crippen MR) is 83.9 cm³/mol. The largest absolute Gasteiger partial charge is 0.494 e. The van der Waals surface area contributed by atoms with Gasteiger partial charge in [0.25, 0.3) is 5.91 Å². The van der Waals surface area contributed by atoms with Crippen molar-refractivity contribution in [1.29, 1.82) is 0 Å². The van der Waals surface area contributed by atoms with Crippen molar-refractivity contribution in [2.24, 2.45) is 4.99 Å². The van der Waals surface area contributed by atoms with Crippen LogP contribution in [0.15, 0.2) is 47.5 Å². The molecular weight excluding hydrogens is 288 g/mol. The predicted octanol–water partition coefficient (Wildman–Crippen LogP) is 3.81. The molecule has 5 heteroatoms. The van der Waals surface area contributed by atoms with E-state index in [0.29, 0.717) is 28.7 Å². The molecule has 3 rings (SSSR count). The molecule has 2 aromatic carbocycles. The fourth-order valence-corrected chi connectivity index (χ4v) is 2.39. The number of carbonyl (C=O) groups excluding carboxylic acids is 1. The highest BCUT2D eigenvalue weighted by Gasteiger charge is 2.27. The van der Waals surface area contributed by atoms with E-state index in [1.165, 1.54) is 0 Å². The highest BCUT2D eigenvalue weighted by Crippen LogP contribution is 2.32. The zero-order valence-corrected chi connectivity index (χ0v) is 12.1. The first kappa shape index (κ1) is 13.6. The maximum absolute atomic E-state index is 12.0. The Bertz CT molecular complexity index is 724. The Hall–Kier alpha value is -2.33. The summed E-state index contributed by atoms with van der Waals surface area (Å²) < 4.78 is 5.38. The Labute approximate surface area is 127 Å². The van der Waals surface area contributed by atoms with E-state index in [-0.39, 0.29) is 5.91 Å². The van der Waals surface area contributed by atoms with Crippen LogP contribution in [-0.2, 0) is 4.79 Å². The number of ether oxygens (including phenoxy) is 1. The third kappa shape index (κ3) is 2.62. The fraction of sp³-hybridized carbons (Fsp3) is 0.125. The molecule has 1 N–H and O–H groups in total. The Morgan fingerprint density at radius 3 is 2.67 bits per heavy atom. The number of hydrogen-bond acceptors (Lipinski definition) is 3. The SMILES string of the molecule is CCOc1ccc(N=C2C(=O)Nc3c(Cl)cccc32)cc1. The van der Waals surface area contributed by atoms with Crippen LogP contribution in [0.4, 0.5) is 11.4 Å². The molecule has 1 aliphatic heterocycles. The summed E-state index contributed by atoms with van der Waals surface area (Å²) in [5, 5.41) is 3.25. The van der Waals surface area contributed by atoms with Gasteiger partial charge in [-0.15, -0.1) is 0 Å². The maximum atomic E-state index is 12.0. The lowest BCUT2D eigenvalue weighted by Gasteiger charge is -2.03. The van der Waals surface area contributed by atoms with Gasteiger partial charge in [0.05, 0.1) is 23.0 Å². The smallest absolute Gasteiger partial charge is 0.275 e. The molecule has 106 valence electrons. The number of halogens is 1. The van der Waals surface area contributed by atoms with Gasteiger partial charge in [0.1, 0.15) is 11.5 Å². The Balaban J connectivity index is 1.97. The van der Waals surface area contributed by atoms with E-state index in [1.807, 2.05) is 37.3 Å². The molecule has 0 saturated carbocycles. The molecule has 0 saturated heterocycles. The van der Waals surface area contributed by atoms with E-state index in [9.17, 15) is 4.79 Å². The molecular formula is C16H13ClN2O2. The summed E-state index contributed by atoms with van der Waals surface area (Å²) in [5.74, 6) is 0.535. The normalized spacial score (nSPS) is 15.0. The molecule has 4 nitrogen and oxygen atoms in total. The molecule has 1 amide bonds. The second kappa shape index (κ2) is 5.58. The highest BCUT2D eigenvalue weighted by atomic mass is 35.5. The van der Waals surface area contributed by atoms with Gasteiger partial charge < -0.3 is 10.1 Å². The average molecular weight is 301 g/mol. The lowest BCUT2D eigenvalue weighted by atomic mass is 10.1. The molecule has 0 atom stereocenters. The number of benzene rings is 2. The van der Waals surface area contributed by atoms with Crippen LogP contribution in [0.2, 0.25) is 5.02 Å². The van der Waals surface area contributed by atoms with Gasteiger partial charge in [-0.25, -0.2) is 4.99 Å². The second-order valence-electron chi connectivity index (χ2n) is 4.50. The van der Waals surface area contributed by atoms with E-state index >= 15 is 0 Å². The van der Waals surface area contributed by atoms with E-state index < -0.39 is 0 Å². The number of nitrogens with zero attached hydrogens (tertiary/aromatic N) is 1. The minimum absolute atomic E-state index is 0.244. The molecule has 0 unspecified atom stereocenters. The first-order chi connectivity index (χ1) is 10.2. The molecule has 0 aromatic heterocycles. The van der Waals surface area contributed by atoms with Crippen molar-refractivity contribution >= 4 is 34.6 Å². The quantitative estimate of drug-likeness (QED) is 0.937. The number of anilines is 1. The Kier molecular flexibility index (Phi) is 3.62. The van der Waals surface area contributed by atoms with E-state index in [0.717, 1.165) is 11.3 Å². The molecule has 0 bridgehead atoms. The zero-order valence-electron chi connectivity index (χ0n) is 11.4. The van der Waals surface area contributed by atoms with Crippen molar-refractivity contribution in [2.45, 2.75) is 6.92 Å². The number of aliphatic imine (C=N–C) groups is 1. The Morgan fingerprint density at radius 2 is 1.95 bits per heavy atom. The number of para-hydroxylation sites is 1. The van der Waals surface area contributed by atoms with Gasteiger partial charge in [-0.2, -0.15) is 0 Å². The number of amides is 1. The zero-order chi connectivity index (χ0) is 14.8. The van der Waals surface area contributed by atoms with Crippen molar-refractivity contribution in [1.82, 2.24) is 0 Å². The molecule has 0 fully saturated rings. The van der Waals surface area contributed by atoms with Crippen LogP contribution in [0.1, 0.15) is 12.5 Å². The number of fused-ring (bicyclic) bond motifs is 1. The molecule has 2 aromatic rings. The summed E-state index contributed by atoms with van der Waals surface area (Å²) in [6.45, 7) is 2.54. The first-order valence-corrected chi connectivity index (χ1v) is 6.98. The van der Waals surface area contributed by atoms with Crippen LogP contribution >= 0.6 is 11.6 Å². The van der Waals surface area contributed by atoms with E-state index in [1.54, 1.807) is 12.1 Å². The number of rotatable bonds is 3. The summed E-state index contributed by atoms with van der Waals surface area (Å²) in [7, 11) is 0. The number of nitrogens with one attached hydrogen (secondary N) is 1.